The molecule has 0 spiro atoms. The molecule has 1 aliphatic heterocycles. The van der Waals surface area contributed by atoms with Crippen molar-refractivity contribution in [3.63, 3.8) is 0 Å². The van der Waals surface area contributed by atoms with Gasteiger partial charge in [0.15, 0.2) is 0 Å². The molecule has 0 N–H and O–H groups in total. The number of hydrogen-bond acceptors (Lipinski definition) is 4. The summed E-state index contributed by atoms with van der Waals surface area (Å²) < 4.78 is 0. The molecule has 14 heavy (non-hydrogen) atoms. The monoisotopic (exact) mass is 200 g/mol. The van der Waals surface area contributed by atoms with Crippen molar-refractivity contribution in [2.45, 2.75) is 25.8 Å². The quantitative estimate of drug-likeness (QED) is 0.602. The van der Waals surface area contributed by atoms with E-state index in [9.17, 15) is 9.59 Å². The number of nitrogens with zero attached hydrogens (tertiary/aromatic N) is 2. The van der Waals surface area contributed by atoms with Gasteiger partial charge in [0.25, 0.3) is 0 Å². The van der Waals surface area contributed by atoms with Gasteiger partial charge >= 0.3 is 5.97 Å². The van der Waals surface area contributed by atoms with Gasteiger partial charge in [-0.15, -0.1) is 5.06 Å². The third-order valence-corrected chi connectivity index (χ3v) is 2.21. The number of likely N-dealkylation sites (N-methyl/N-ethyl adjacent to an activating group) is 1. The van der Waals surface area contributed by atoms with E-state index in [0.717, 1.165) is 0 Å². The predicted octanol–water partition coefficient (Wildman–Crippen LogP) is 0.0171. The average molecular weight is 200 g/mol. The van der Waals surface area contributed by atoms with E-state index in [4.69, 9.17) is 4.84 Å². The fourth-order valence-corrected chi connectivity index (χ4v) is 1.62. The lowest BCUT2D eigenvalue weighted by molar-refractivity contribution is -0.184. The molecule has 0 aromatic carbocycles. The van der Waals surface area contributed by atoms with Gasteiger partial charge in [0.1, 0.15) is 6.04 Å². The van der Waals surface area contributed by atoms with E-state index in [1.807, 2.05) is 6.92 Å². The van der Waals surface area contributed by atoms with Gasteiger partial charge in [0, 0.05) is 27.1 Å². The molecule has 0 aromatic heterocycles. The molecule has 0 aliphatic carbocycles. The van der Waals surface area contributed by atoms with Gasteiger partial charge in [-0.1, -0.05) is 0 Å². The first-order chi connectivity index (χ1) is 6.56. The zero-order valence-electron chi connectivity index (χ0n) is 8.82. The summed E-state index contributed by atoms with van der Waals surface area (Å²) in [5.41, 5.74) is 0. The van der Waals surface area contributed by atoms with Gasteiger partial charge in [-0.25, -0.2) is 4.79 Å². The average Bonchev–Trinajstić information content (AvgIpc) is 2.45. The lowest BCUT2D eigenvalue weighted by atomic mass is 10.2. The number of hydrogen-bond donors (Lipinski definition) is 0. The van der Waals surface area contributed by atoms with E-state index >= 15 is 0 Å². The number of hydroxylamine groups is 2. The van der Waals surface area contributed by atoms with Crippen LogP contribution in [0.3, 0.4) is 0 Å². The SMILES string of the molecule is CCN1C(=O)CCC1C(=O)ON(C)C. The van der Waals surface area contributed by atoms with Crippen LogP contribution in [-0.2, 0) is 14.4 Å². The third-order valence-electron chi connectivity index (χ3n) is 2.21. The zero-order chi connectivity index (χ0) is 10.7. The van der Waals surface area contributed by atoms with Crippen molar-refractivity contribution < 1.29 is 14.4 Å². The maximum atomic E-state index is 11.5. The number of likely N-dealkylation sites (tertiary alicyclic amines) is 1. The van der Waals surface area contributed by atoms with Crippen molar-refractivity contribution in [1.29, 1.82) is 0 Å². The van der Waals surface area contributed by atoms with Gasteiger partial charge in [0.05, 0.1) is 0 Å². The highest BCUT2D eigenvalue weighted by atomic mass is 16.7. The van der Waals surface area contributed by atoms with Gasteiger partial charge in [-0.2, -0.15) is 0 Å². The van der Waals surface area contributed by atoms with Crippen molar-refractivity contribution in [3.05, 3.63) is 0 Å². The second-order valence-corrected chi connectivity index (χ2v) is 3.46. The second-order valence-electron chi connectivity index (χ2n) is 3.46. The number of carbonyl (C=O) groups excluding carboxylic acids is 2. The maximum absolute atomic E-state index is 11.5. The van der Waals surface area contributed by atoms with Gasteiger partial charge < -0.3 is 9.74 Å². The van der Waals surface area contributed by atoms with Crippen molar-refractivity contribution in [1.82, 2.24) is 9.96 Å². The Bertz CT molecular complexity index is 240. The summed E-state index contributed by atoms with van der Waals surface area (Å²) in [7, 11) is 3.29. The smallest absolute Gasteiger partial charge is 0.347 e. The van der Waals surface area contributed by atoms with Crippen LogP contribution in [0.15, 0.2) is 0 Å². The minimum atomic E-state index is -0.394. The highest BCUT2D eigenvalue weighted by Gasteiger charge is 2.36. The largest absolute Gasteiger partial charge is 0.367 e. The van der Waals surface area contributed by atoms with Crippen molar-refractivity contribution in [3.8, 4) is 0 Å². The highest BCUT2D eigenvalue weighted by molar-refractivity contribution is 5.88. The van der Waals surface area contributed by atoms with Gasteiger partial charge in [-0.05, 0) is 13.3 Å². The van der Waals surface area contributed by atoms with E-state index in [0.29, 0.717) is 19.4 Å². The van der Waals surface area contributed by atoms with Gasteiger partial charge in [0.2, 0.25) is 5.91 Å². The Labute approximate surface area is 83.6 Å². The molecule has 1 aliphatic rings. The number of carbonyl (C=O) groups is 2. The van der Waals surface area contributed by atoms with Crippen LogP contribution in [0, 0.1) is 0 Å². The Morgan fingerprint density at radius 3 is 2.79 bits per heavy atom. The summed E-state index contributed by atoms with van der Waals surface area (Å²) >= 11 is 0. The minimum absolute atomic E-state index is 0.0354. The zero-order valence-corrected chi connectivity index (χ0v) is 8.82. The molecule has 1 fully saturated rings. The molecule has 5 heteroatoms. The van der Waals surface area contributed by atoms with E-state index in [1.54, 1.807) is 19.0 Å². The molecule has 0 radical (unpaired) electrons. The molecular weight excluding hydrogens is 184 g/mol. The Morgan fingerprint density at radius 1 is 1.64 bits per heavy atom. The van der Waals surface area contributed by atoms with E-state index in [1.165, 1.54) is 5.06 Å². The minimum Gasteiger partial charge on any atom is -0.367 e. The fraction of sp³-hybridized carbons (Fsp3) is 0.778. The Hall–Kier alpha value is -1.10. The summed E-state index contributed by atoms with van der Waals surface area (Å²) in [6, 6.07) is -0.394. The topological polar surface area (TPSA) is 49.9 Å². The van der Waals surface area contributed by atoms with Crippen LogP contribution in [-0.4, -0.2) is 48.5 Å². The van der Waals surface area contributed by atoms with Crippen LogP contribution >= 0.6 is 0 Å². The summed E-state index contributed by atoms with van der Waals surface area (Å²) in [5, 5.41) is 1.35. The van der Waals surface area contributed by atoms with Gasteiger partial charge in [-0.3, -0.25) is 4.79 Å². The van der Waals surface area contributed by atoms with E-state index in [2.05, 4.69) is 0 Å². The standard InChI is InChI=1S/C9H16N2O3/c1-4-11-7(5-6-8(11)12)9(13)14-10(2)3/h7H,4-6H2,1-3H3. The second kappa shape index (κ2) is 4.41. The highest BCUT2D eigenvalue weighted by Crippen LogP contribution is 2.19. The molecule has 1 amide bonds. The molecule has 1 saturated heterocycles. The van der Waals surface area contributed by atoms with Crippen LogP contribution in [0.4, 0.5) is 0 Å². The van der Waals surface area contributed by atoms with E-state index < -0.39 is 6.04 Å². The van der Waals surface area contributed by atoms with Crippen molar-refractivity contribution in [2.24, 2.45) is 0 Å². The number of amides is 1. The fourth-order valence-electron chi connectivity index (χ4n) is 1.62. The molecule has 1 heterocycles. The summed E-state index contributed by atoms with van der Waals surface area (Å²) in [6.45, 7) is 2.42. The predicted molar refractivity (Wildman–Crippen MR) is 50.2 cm³/mol. The lowest BCUT2D eigenvalue weighted by Crippen LogP contribution is -2.41. The van der Waals surface area contributed by atoms with E-state index in [-0.39, 0.29) is 11.9 Å². The van der Waals surface area contributed by atoms with Crippen LogP contribution in [0.1, 0.15) is 19.8 Å². The first kappa shape index (κ1) is 11.0. The first-order valence-corrected chi connectivity index (χ1v) is 4.74. The van der Waals surface area contributed by atoms with Crippen LogP contribution in [0.25, 0.3) is 0 Å². The summed E-state index contributed by atoms with van der Waals surface area (Å²) in [4.78, 5) is 29.3. The molecule has 1 rings (SSSR count). The molecule has 0 bridgehead atoms. The van der Waals surface area contributed by atoms with Crippen molar-refractivity contribution >= 4 is 11.9 Å². The summed E-state index contributed by atoms with van der Waals surface area (Å²) in [5.74, 6) is -0.309. The summed E-state index contributed by atoms with van der Waals surface area (Å²) in [6.07, 6.45) is 1.01. The molecule has 5 nitrogen and oxygen atoms in total. The Kier molecular flexibility index (Phi) is 3.46. The Morgan fingerprint density at radius 2 is 2.29 bits per heavy atom. The number of rotatable bonds is 3. The molecule has 0 aromatic rings. The normalized spacial score (nSPS) is 21.9. The Balaban J connectivity index is 2.59. The van der Waals surface area contributed by atoms with Crippen LogP contribution in [0.5, 0.6) is 0 Å². The molecule has 1 atom stereocenters. The molecule has 80 valence electrons. The molecule has 1 unspecified atom stereocenters. The maximum Gasteiger partial charge on any atom is 0.347 e. The lowest BCUT2D eigenvalue weighted by Gasteiger charge is -2.22. The third kappa shape index (κ3) is 2.23. The van der Waals surface area contributed by atoms with Crippen molar-refractivity contribution in [2.75, 3.05) is 20.6 Å². The molecular formula is C9H16N2O3. The first-order valence-electron chi connectivity index (χ1n) is 4.74. The van der Waals surface area contributed by atoms with Crippen LogP contribution in [0.2, 0.25) is 0 Å². The molecule has 0 saturated carbocycles. The van der Waals surface area contributed by atoms with Crippen LogP contribution < -0.4 is 0 Å².